The molecule has 0 N–H and O–H groups in total. The summed E-state index contributed by atoms with van der Waals surface area (Å²) < 4.78 is 32.7. The van der Waals surface area contributed by atoms with Gasteiger partial charge in [-0.2, -0.15) is 0 Å². The van der Waals surface area contributed by atoms with Crippen molar-refractivity contribution in [3.05, 3.63) is 170 Å². The number of rotatable bonds is 5. The van der Waals surface area contributed by atoms with E-state index in [0.717, 1.165) is 76.3 Å². The topological polar surface area (TPSA) is 52.0 Å². The fraction of sp³-hybridized carbons (Fsp3) is 0.0238. The Bertz CT molecular complexity index is 2590. The van der Waals surface area contributed by atoms with E-state index in [1.807, 2.05) is 122 Å². The second-order valence-corrected chi connectivity index (χ2v) is 17.8. The van der Waals surface area contributed by atoms with Crippen LogP contribution in [0.15, 0.2) is 164 Å². The lowest BCUT2D eigenvalue weighted by molar-refractivity contribution is 0.591. The Kier molecular flexibility index (Phi) is 6.56. The molecule has 9 rings (SSSR count). The molecule has 1 unspecified atom stereocenters. The lowest BCUT2D eigenvalue weighted by atomic mass is 10.0. The molecule has 6 heteroatoms. The second-order valence-electron chi connectivity index (χ2n) is 12.3. The normalized spacial score (nSPS) is 15.4. The summed E-state index contributed by atoms with van der Waals surface area (Å²) in [6.07, 6.45) is 0. The van der Waals surface area contributed by atoms with E-state index in [-0.39, 0.29) is 0 Å². The molecular weight excluding hydrogens is 626 g/mol. The number of hydrogen-bond acceptors (Lipinski definition) is 3. The maximum atomic E-state index is 15.6. The van der Waals surface area contributed by atoms with E-state index < -0.39 is 14.3 Å². The molecule has 1 aliphatic heterocycles. The van der Waals surface area contributed by atoms with Gasteiger partial charge >= 0.3 is 0 Å². The Morgan fingerprint density at radius 2 is 1.17 bits per heavy atom. The summed E-state index contributed by atoms with van der Waals surface area (Å²) in [5.74, 6) is 0.871. The van der Waals surface area contributed by atoms with Crippen LogP contribution in [0.4, 0.5) is 0 Å². The molecule has 0 saturated carbocycles. The summed E-state index contributed by atoms with van der Waals surface area (Å²) in [5, 5.41) is 6.95. The molecule has 230 valence electrons. The highest BCUT2D eigenvalue weighted by molar-refractivity contribution is 7.86. The average Bonchev–Trinajstić information content (AvgIpc) is 3.50. The third kappa shape index (κ3) is 4.20. The molecule has 1 aromatic heterocycles. The van der Waals surface area contributed by atoms with E-state index in [2.05, 4.69) is 53.1 Å². The minimum atomic E-state index is -3.22. The molecule has 0 spiro atoms. The van der Waals surface area contributed by atoms with Gasteiger partial charge in [-0.15, -0.1) is 0 Å². The third-order valence-electron chi connectivity index (χ3n) is 9.60. The SMILES string of the molecule is Cc1nc2cccc3c2n1-c1ccc(-c2ccc4cc(P(=O)(c5ccccc5)c5ccccc5)ccc4c2)cc1P3(=O)c1ccccc1. The Morgan fingerprint density at radius 1 is 0.562 bits per heavy atom. The van der Waals surface area contributed by atoms with Gasteiger partial charge in [0.25, 0.3) is 0 Å². The van der Waals surface area contributed by atoms with Gasteiger partial charge in [0.05, 0.1) is 16.7 Å². The second kappa shape index (κ2) is 10.9. The van der Waals surface area contributed by atoms with Crippen molar-refractivity contribution in [1.82, 2.24) is 9.55 Å². The highest BCUT2D eigenvalue weighted by Gasteiger charge is 2.39. The van der Waals surface area contributed by atoms with Crippen molar-refractivity contribution >= 4 is 67.9 Å². The molecule has 0 amide bonds. The number of aryl methyl sites for hydroxylation is 1. The molecule has 7 aromatic carbocycles. The molecule has 48 heavy (non-hydrogen) atoms. The van der Waals surface area contributed by atoms with Crippen molar-refractivity contribution in [3.63, 3.8) is 0 Å². The lowest BCUT2D eigenvalue weighted by Gasteiger charge is -2.29. The van der Waals surface area contributed by atoms with Gasteiger partial charge < -0.3 is 9.13 Å². The molecule has 0 fully saturated rings. The monoisotopic (exact) mass is 656 g/mol. The van der Waals surface area contributed by atoms with Gasteiger partial charge in [-0.05, 0) is 65.2 Å². The standard InChI is InChI=1S/C42H30N2O2P2/c1-29-43-38-18-11-19-40-42(38)44(29)39-25-23-33(28-41(39)48(40,46)36-16-9-4-10-17-36)30-20-21-32-27-37(24-22-31(32)26-30)47(45,34-12-5-2-6-13-34)35-14-7-3-8-15-35/h2-28H,1H3. The average molecular weight is 657 g/mol. The largest absolute Gasteiger partial charge is 0.309 e. The molecule has 4 nitrogen and oxygen atoms in total. The maximum Gasteiger partial charge on any atom is 0.175 e. The van der Waals surface area contributed by atoms with E-state index in [1.54, 1.807) is 0 Å². The summed E-state index contributed by atoms with van der Waals surface area (Å²) in [6.45, 7) is 2.01. The first kappa shape index (κ1) is 28.9. The molecule has 0 aliphatic carbocycles. The first-order valence-corrected chi connectivity index (χ1v) is 19.4. The van der Waals surface area contributed by atoms with Gasteiger partial charge in [-0.25, -0.2) is 4.98 Å². The van der Waals surface area contributed by atoms with Crippen LogP contribution < -0.4 is 31.8 Å². The van der Waals surface area contributed by atoms with Crippen molar-refractivity contribution in [3.8, 4) is 16.8 Å². The summed E-state index contributed by atoms with van der Waals surface area (Å²) >= 11 is 0. The molecule has 0 saturated heterocycles. The van der Waals surface area contributed by atoms with Crippen molar-refractivity contribution in [2.75, 3.05) is 0 Å². The maximum absolute atomic E-state index is 15.6. The van der Waals surface area contributed by atoms with Crippen LogP contribution in [0.2, 0.25) is 0 Å². The predicted molar refractivity (Wildman–Crippen MR) is 201 cm³/mol. The quantitative estimate of drug-likeness (QED) is 0.178. The van der Waals surface area contributed by atoms with Gasteiger partial charge in [0.1, 0.15) is 5.82 Å². The van der Waals surface area contributed by atoms with Crippen LogP contribution in [0.3, 0.4) is 0 Å². The van der Waals surface area contributed by atoms with Crippen LogP contribution in [-0.2, 0) is 9.13 Å². The Labute approximate surface area is 279 Å². The van der Waals surface area contributed by atoms with Crippen LogP contribution in [0, 0.1) is 6.92 Å². The van der Waals surface area contributed by atoms with Crippen molar-refractivity contribution < 1.29 is 9.13 Å². The minimum absolute atomic E-state index is 0.804. The van der Waals surface area contributed by atoms with Crippen LogP contribution in [0.25, 0.3) is 38.6 Å². The highest BCUT2D eigenvalue weighted by Crippen LogP contribution is 2.50. The molecule has 0 bridgehead atoms. The van der Waals surface area contributed by atoms with Crippen LogP contribution in [0.5, 0.6) is 0 Å². The number of nitrogens with zero attached hydrogens (tertiary/aromatic N) is 2. The zero-order valence-electron chi connectivity index (χ0n) is 26.2. The lowest BCUT2D eigenvalue weighted by Crippen LogP contribution is -2.33. The Balaban J connectivity index is 1.19. The fourth-order valence-corrected chi connectivity index (χ4v) is 13.0. The van der Waals surface area contributed by atoms with E-state index in [9.17, 15) is 4.57 Å². The Hall–Kier alpha value is -5.27. The molecule has 1 aliphatic rings. The third-order valence-corrected chi connectivity index (χ3v) is 15.8. The Morgan fingerprint density at radius 3 is 1.88 bits per heavy atom. The number of fused-ring (bicyclic) bond motifs is 3. The number of hydrogen-bond donors (Lipinski definition) is 0. The van der Waals surface area contributed by atoms with E-state index in [1.165, 1.54) is 0 Å². The summed E-state index contributed by atoms with van der Waals surface area (Å²) in [4.78, 5) is 4.84. The summed E-state index contributed by atoms with van der Waals surface area (Å²) in [6, 6.07) is 54.2. The zero-order chi connectivity index (χ0) is 32.5. The number of benzene rings is 7. The number of para-hydroxylation sites is 1. The zero-order valence-corrected chi connectivity index (χ0v) is 28.0. The van der Waals surface area contributed by atoms with Gasteiger partial charge in [0, 0.05) is 31.8 Å². The van der Waals surface area contributed by atoms with Gasteiger partial charge in [-0.1, -0.05) is 127 Å². The van der Waals surface area contributed by atoms with Gasteiger partial charge in [0.15, 0.2) is 14.3 Å². The molecular formula is C42H30N2O2P2. The van der Waals surface area contributed by atoms with E-state index in [4.69, 9.17) is 4.98 Å². The minimum Gasteiger partial charge on any atom is -0.309 e. The number of imidazole rings is 1. The smallest absolute Gasteiger partial charge is 0.175 e. The van der Waals surface area contributed by atoms with Crippen molar-refractivity contribution in [2.45, 2.75) is 6.92 Å². The molecule has 8 aromatic rings. The van der Waals surface area contributed by atoms with Crippen LogP contribution >= 0.6 is 14.3 Å². The molecule has 0 radical (unpaired) electrons. The van der Waals surface area contributed by atoms with E-state index in [0.29, 0.717) is 0 Å². The van der Waals surface area contributed by atoms with Crippen molar-refractivity contribution in [1.29, 1.82) is 0 Å². The van der Waals surface area contributed by atoms with E-state index >= 15 is 4.57 Å². The van der Waals surface area contributed by atoms with Crippen molar-refractivity contribution in [2.24, 2.45) is 0 Å². The first-order chi connectivity index (χ1) is 23.5. The van der Waals surface area contributed by atoms with Gasteiger partial charge in [0.2, 0.25) is 0 Å². The highest BCUT2D eigenvalue weighted by atomic mass is 31.2. The van der Waals surface area contributed by atoms with Crippen LogP contribution in [-0.4, -0.2) is 9.55 Å². The molecule has 2 heterocycles. The fourth-order valence-electron chi connectivity index (χ4n) is 7.30. The number of aromatic nitrogens is 2. The summed E-state index contributed by atoms with van der Waals surface area (Å²) in [7, 11) is -6.31. The molecule has 1 atom stereocenters. The summed E-state index contributed by atoms with van der Waals surface area (Å²) in [5.41, 5.74) is 4.70. The predicted octanol–water partition coefficient (Wildman–Crippen LogP) is 7.75. The first-order valence-electron chi connectivity index (χ1n) is 16.0. The van der Waals surface area contributed by atoms with Crippen LogP contribution in [0.1, 0.15) is 5.82 Å². The van der Waals surface area contributed by atoms with Gasteiger partial charge in [-0.3, -0.25) is 4.57 Å².